The minimum Gasteiger partial charge on any atom is -0.338 e. The van der Waals surface area contributed by atoms with Crippen LogP contribution in [0.3, 0.4) is 0 Å². The summed E-state index contributed by atoms with van der Waals surface area (Å²) in [4.78, 5) is 24.5. The van der Waals surface area contributed by atoms with Gasteiger partial charge in [-0.2, -0.15) is 0 Å². The number of hydrogen-bond acceptors (Lipinski definition) is 3. The fourth-order valence-corrected chi connectivity index (χ4v) is 3.13. The second kappa shape index (κ2) is 8.49. The number of carbonyl (C=O) groups excluding carboxylic acids is 2. The van der Waals surface area contributed by atoms with Crippen LogP contribution < -0.4 is 16.0 Å². The Morgan fingerprint density at radius 3 is 2.62 bits per heavy atom. The number of benzene rings is 1. The molecule has 0 saturated carbocycles. The maximum atomic E-state index is 12.1. The van der Waals surface area contributed by atoms with Gasteiger partial charge in [0, 0.05) is 30.0 Å². The SMILES string of the molecule is CC(=O)Nc1cccc([C@@H](C)NC(=O)NC[C@@H](C)c2cccs2)c1. The molecule has 128 valence electrons. The first-order valence-electron chi connectivity index (χ1n) is 7.91. The first kappa shape index (κ1) is 18.0. The van der Waals surface area contributed by atoms with Gasteiger partial charge in [0.05, 0.1) is 6.04 Å². The van der Waals surface area contributed by atoms with E-state index in [9.17, 15) is 9.59 Å². The third kappa shape index (κ3) is 5.38. The fourth-order valence-electron chi connectivity index (χ4n) is 2.34. The van der Waals surface area contributed by atoms with Gasteiger partial charge >= 0.3 is 6.03 Å². The Balaban J connectivity index is 1.86. The van der Waals surface area contributed by atoms with E-state index < -0.39 is 0 Å². The first-order valence-corrected chi connectivity index (χ1v) is 8.79. The lowest BCUT2D eigenvalue weighted by Gasteiger charge is -2.17. The van der Waals surface area contributed by atoms with Crippen molar-refractivity contribution in [3.63, 3.8) is 0 Å². The minimum atomic E-state index is -0.198. The summed E-state index contributed by atoms with van der Waals surface area (Å²) < 4.78 is 0. The van der Waals surface area contributed by atoms with Crippen LogP contribution in [0.2, 0.25) is 0 Å². The average Bonchev–Trinajstić information content (AvgIpc) is 3.06. The summed E-state index contributed by atoms with van der Waals surface area (Å²) in [7, 11) is 0. The smallest absolute Gasteiger partial charge is 0.315 e. The number of thiophene rings is 1. The molecule has 1 aromatic carbocycles. The van der Waals surface area contributed by atoms with Crippen LogP contribution in [0.4, 0.5) is 10.5 Å². The summed E-state index contributed by atoms with van der Waals surface area (Å²) in [5.41, 5.74) is 1.66. The van der Waals surface area contributed by atoms with E-state index in [2.05, 4.69) is 28.9 Å². The van der Waals surface area contributed by atoms with Crippen molar-refractivity contribution in [3.05, 3.63) is 52.2 Å². The fraction of sp³-hybridized carbons (Fsp3) is 0.333. The second-order valence-electron chi connectivity index (χ2n) is 5.80. The zero-order chi connectivity index (χ0) is 17.5. The van der Waals surface area contributed by atoms with E-state index >= 15 is 0 Å². The Labute approximate surface area is 146 Å². The Morgan fingerprint density at radius 2 is 1.96 bits per heavy atom. The van der Waals surface area contributed by atoms with Gasteiger partial charge in [-0.1, -0.05) is 25.1 Å². The predicted molar refractivity (Wildman–Crippen MR) is 98.4 cm³/mol. The summed E-state index contributed by atoms with van der Waals surface area (Å²) in [5, 5.41) is 10.6. The van der Waals surface area contributed by atoms with Gasteiger partial charge in [-0.3, -0.25) is 4.79 Å². The van der Waals surface area contributed by atoms with Gasteiger partial charge < -0.3 is 16.0 Å². The third-order valence-corrected chi connectivity index (χ3v) is 4.76. The highest BCUT2D eigenvalue weighted by Crippen LogP contribution is 2.20. The molecule has 6 heteroatoms. The Kier molecular flexibility index (Phi) is 6.37. The van der Waals surface area contributed by atoms with Crippen molar-refractivity contribution >= 4 is 29.0 Å². The number of urea groups is 1. The molecule has 3 N–H and O–H groups in total. The zero-order valence-corrected chi connectivity index (χ0v) is 14.9. The number of hydrogen-bond donors (Lipinski definition) is 3. The lowest BCUT2D eigenvalue weighted by atomic mass is 10.1. The molecule has 0 radical (unpaired) electrons. The molecule has 5 nitrogen and oxygen atoms in total. The molecule has 0 aliphatic rings. The average molecular weight is 345 g/mol. The lowest BCUT2D eigenvalue weighted by Crippen LogP contribution is -2.38. The highest BCUT2D eigenvalue weighted by Gasteiger charge is 2.12. The van der Waals surface area contributed by atoms with Gasteiger partial charge in [0.15, 0.2) is 0 Å². The normalized spacial score (nSPS) is 13.0. The van der Waals surface area contributed by atoms with Gasteiger partial charge in [0.25, 0.3) is 0 Å². The molecule has 2 aromatic rings. The standard InChI is InChI=1S/C18H23N3O2S/c1-12(17-8-5-9-24-17)11-19-18(23)20-13(2)15-6-4-7-16(10-15)21-14(3)22/h4-10,12-13H,11H2,1-3H3,(H,21,22)(H2,19,20,23)/t12-,13-/m1/s1. The summed E-state index contributed by atoms with van der Waals surface area (Å²) in [6.45, 7) is 6.06. The van der Waals surface area contributed by atoms with Crippen LogP contribution in [0.5, 0.6) is 0 Å². The van der Waals surface area contributed by atoms with E-state index in [0.717, 1.165) is 11.3 Å². The lowest BCUT2D eigenvalue weighted by molar-refractivity contribution is -0.114. The van der Waals surface area contributed by atoms with Gasteiger partial charge in [0.2, 0.25) is 5.91 Å². The summed E-state index contributed by atoms with van der Waals surface area (Å²) in [5.74, 6) is 0.169. The van der Waals surface area contributed by atoms with E-state index in [0.29, 0.717) is 6.54 Å². The number of rotatable bonds is 6. The largest absolute Gasteiger partial charge is 0.338 e. The maximum absolute atomic E-state index is 12.1. The summed E-state index contributed by atoms with van der Waals surface area (Å²) in [6, 6.07) is 11.2. The quantitative estimate of drug-likeness (QED) is 0.744. The van der Waals surface area contributed by atoms with Gasteiger partial charge in [0.1, 0.15) is 0 Å². The van der Waals surface area contributed by atoms with Gasteiger partial charge in [-0.25, -0.2) is 4.79 Å². The molecule has 0 spiro atoms. The van der Waals surface area contributed by atoms with E-state index in [1.165, 1.54) is 11.8 Å². The molecule has 2 rings (SSSR count). The van der Waals surface area contributed by atoms with E-state index in [1.807, 2.05) is 42.6 Å². The zero-order valence-electron chi connectivity index (χ0n) is 14.1. The second-order valence-corrected chi connectivity index (χ2v) is 6.78. The molecule has 0 unspecified atom stereocenters. The number of nitrogens with one attached hydrogen (secondary N) is 3. The number of carbonyl (C=O) groups is 2. The van der Waals surface area contributed by atoms with Gasteiger partial charge in [-0.05, 0) is 36.1 Å². The molecule has 1 heterocycles. The van der Waals surface area contributed by atoms with E-state index in [4.69, 9.17) is 0 Å². The molecular formula is C18H23N3O2S. The topological polar surface area (TPSA) is 70.2 Å². The van der Waals surface area contributed by atoms with Crippen molar-refractivity contribution in [1.29, 1.82) is 0 Å². The van der Waals surface area contributed by atoms with Crippen molar-refractivity contribution < 1.29 is 9.59 Å². The highest BCUT2D eigenvalue weighted by molar-refractivity contribution is 7.10. The summed E-state index contributed by atoms with van der Waals surface area (Å²) >= 11 is 1.69. The Hall–Kier alpha value is -2.34. The van der Waals surface area contributed by atoms with Crippen LogP contribution in [0.25, 0.3) is 0 Å². The van der Waals surface area contributed by atoms with Crippen molar-refractivity contribution in [2.75, 3.05) is 11.9 Å². The van der Waals surface area contributed by atoms with Crippen LogP contribution in [0.1, 0.15) is 43.2 Å². The molecule has 0 saturated heterocycles. The Bertz CT molecular complexity index is 685. The van der Waals surface area contributed by atoms with Crippen molar-refractivity contribution in [2.24, 2.45) is 0 Å². The van der Waals surface area contributed by atoms with Crippen molar-refractivity contribution in [1.82, 2.24) is 10.6 Å². The molecule has 24 heavy (non-hydrogen) atoms. The molecule has 3 amide bonds. The van der Waals surface area contributed by atoms with Crippen LogP contribution in [-0.2, 0) is 4.79 Å². The van der Waals surface area contributed by atoms with Crippen LogP contribution in [0.15, 0.2) is 41.8 Å². The van der Waals surface area contributed by atoms with E-state index in [-0.39, 0.29) is 23.9 Å². The van der Waals surface area contributed by atoms with E-state index in [1.54, 1.807) is 11.3 Å². The molecule has 0 aliphatic heterocycles. The first-order chi connectivity index (χ1) is 11.5. The number of amides is 3. The number of anilines is 1. The van der Waals surface area contributed by atoms with Crippen molar-refractivity contribution in [3.8, 4) is 0 Å². The minimum absolute atomic E-state index is 0.118. The molecule has 0 bridgehead atoms. The molecule has 2 atom stereocenters. The monoisotopic (exact) mass is 345 g/mol. The molecule has 0 aliphatic carbocycles. The van der Waals surface area contributed by atoms with Crippen molar-refractivity contribution in [2.45, 2.75) is 32.7 Å². The maximum Gasteiger partial charge on any atom is 0.315 e. The summed E-state index contributed by atoms with van der Waals surface area (Å²) in [6.07, 6.45) is 0. The highest BCUT2D eigenvalue weighted by atomic mass is 32.1. The van der Waals surface area contributed by atoms with Crippen LogP contribution >= 0.6 is 11.3 Å². The molecule has 1 aromatic heterocycles. The van der Waals surface area contributed by atoms with Crippen LogP contribution in [-0.4, -0.2) is 18.5 Å². The molecule has 0 fully saturated rings. The van der Waals surface area contributed by atoms with Gasteiger partial charge in [-0.15, -0.1) is 11.3 Å². The molecular weight excluding hydrogens is 322 g/mol. The Morgan fingerprint density at radius 1 is 1.17 bits per heavy atom. The predicted octanol–water partition coefficient (Wildman–Crippen LogP) is 3.87. The third-order valence-electron chi connectivity index (χ3n) is 3.65. The van der Waals surface area contributed by atoms with Crippen LogP contribution in [0, 0.1) is 0 Å².